The van der Waals surface area contributed by atoms with Crippen LogP contribution in [0.4, 0.5) is 4.79 Å². The van der Waals surface area contributed by atoms with Crippen LogP contribution in [0.5, 0.6) is 0 Å². The molecule has 0 bridgehead atoms. The van der Waals surface area contributed by atoms with Crippen molar-refractivity contribution in [2.45, 2.75) is 18.7 Å². The SMILES string of the molecule is Cc1noc(C)c1S(=O)(=O)N1CCN(C(=O)CN2CCN(C(=O)N(C)C)CC2)CC1. The molecule has 0 aromatic carbocycles. The summed E-state index contributed by atoms with van der Waals surface area (Å²) >= 11 is 0. The lowest BCUT2D eigenvalue weighted by atomic mass is 10.3. The first-order chi connectivity index (χ1) is 14.1. The number of hydrogen-bond acceptors (Lipinski definition) is 7. The second-order valence-electron chi connectivity index (χ2n) is 7.88. The number of nitrogens with zero attached hydrogens (tertiary/aromatic N) is 6. The Morgan fingerprint density at radius 3 is 2.03 bits per heavy atom. The summed E-state index contributed by atoms with van der Waals surface area (Å²) in [6.45, 7) is 7.11. The lowest BCUT2D eigenvalue weighted by molar-refractivity contribution is -0.133. The molecule has 168 valence electrons. The molecule has 0 saturated carbocycles. The maximum atomic E-state index is 12.9. The first-order valence-corrected chi connectivity index (χ1v) is 11.4. The van der Waals surface area contributed by atoms with Crippen molar-refractivity contribution in [1.29, 1.82) is 0 Å². The minimum Gasteiger partial charge on any atom is -0.360 e. The number of rotatable bonds is 4. The van der Waals surface area contributed by atoms with E-state index in [9.17, 15) is 18.0 Å². The van der Waals surface area contributed by atoms with Crippen LogP contribution in [-0.2, 0) is 14.8 Å². The topological polar surface area (TPSA) is 111 Å². The molecule has 30 heavy (non-hydrogen) atoms. The third-order valence-electron chi connectivity index (χ3n) is 5.54. The molecule has 12 heteroatoms. The van der Waals surface area contributed by atoms with Crippen molar-refractivity contribution >= 4 is 22.0 Å². The zero-order valence-corrected chi connectivity index (χ0v) is 18.8. The first-order valence-electron chi connectivity index (χ1n) is 10.0. The highest BCUT2D eigenvalue weighted by molar-refractivity contribution is 7.89. The fraction of sp³-hybridized carbons (Fsp3) is 0.722. The van der Waals surface area contributed by atoms with Crippen LogP contribution in [0.15, 0.2) is 9.42 Å². The Bertz CT molecular complexity index is 863. The van der Waals surface area contributed by atoms with Gasteiger partial charge in [0.1, 0.15) is 10.6 Å². The Kier molecular flexibility index (Phi) is 6.68. The van der Waals surface area contributed by atoms with Gasteiger partial charge in [-0.3, -0.25) is 9.69 Å². The normalized spacial score (nSPS) is 19.2. The predicted molar refractivity (Wildman–Crippen MR) is 108 cm³/mol. The number of hydrogen-bond donors (Lipinski definition) is 0. The molecule has 0 radical (unpaired) electrons. The molecule has 1 aromatic rings. The van der Waals surface area contributed by atoms with Crippen LogP contribution in [0.25, 0.3) is 0 Å². The van der Waals surface area contributed by atoms with Crippen LogP contribution >= 0.6 is 0 Å². The number of sulfonamides is 1. The van der Waals surface area contributed by atoms with Crippen molar-refractivity contribution in [3.63, 3.8) is 0 Å². The van der Waals surface area contributed by atoms with E-state index in [1.807, 2.05) is 4.90 Å². The summed E-state index contributed by atoms with van der Waals surface area (Å²) in [5.74, 6) is 0.259. The lowest BCUT2D eigenvalue weighted by Gasteiger charge is -2.38. The minimum atomic E-state index is -3.69. The maximum Gasteiger partial charge on any atom is 0.319 e. The molecular formula is C18H30N6O5S. The smallest absolute Gasteiger partial charge is 0.319 e. The summed E-state index contributed by atoms with van der Waals surface area (Å²) in [5.41, 5.74) is 0.345. The minimum absolute atomic E-state index is 0.0169. The number of carbonyl (C=O) groups excluding carboxylic acids is 2. The van der Waals surface area contributed by atoms with E-state index in [1.54, 1.807) is 42.6 Å². The van der Waals surface area contributed by atoms with E-state index in [2.05, 4.69) is 5.16 Å². The van der Waals surface area contributed by atoms with Crippen LogP contribution < -0.4 is 0 Å². The molecule has 0 atom stereocenters. The Morgan fingerprint density at radius 2 is 1.53 bits per heavy atom. The molecule has 1 aromatic heterocycles. The van der Waals surface area contributed by atoms with E-state index in [4.69, 9.17) is 4.52 Å². The number of urea groups is 1. The highest BCUT2D eigenvalue weighted by atomic mass is 32.2. The average molecular weight is 443 g/mol. The monoisotopic (exact) mass is 442 g/mol. The van der Waals surface area contributed by atoms with Gasteiger partial charge in [-0.15, -0.1) is 0 Å². The van der Waals surface area contributed by atoms with E-state index >= 15 is 0 Å². The predicted octanol–water partition coefficient (Wildman–Crippen LogP) is -0.576. The highest BCUT2D eigenvalue weighted by Crippen LogP contribution is 2.24. The summed E-state index contributed by atoms with van der Waals surface area (Å²) in [7, 11) is -0.239. The van der Waals surface area contributed by atoms with Crippen LogP contribution in [0.1, 0.15) is 11.5 Å². The fourth-order valence-electron chi connectivity index (χ4n) is 3.82. The van der Waals surface area contributed by atoms with E-state index in [1.165, 1.54) is 4.31 Å². The van der Waals surface area contributed by atoms with Crippen molar-refractivity contribution in [3.8, 4) is 0 Å². The van der Waals surface area contributed by atoms with Gasteiger partial charge >= 0.3 is 6.03 Å². The molecule has 3 rings (SSSR count). The van der Waals surface area contributed by atoms with E-state index < -0.39 is 10.0 Å². The van der Waals surface area contributed by atoms with Gasteiger partial charge in [-0.25, -0.2) is 13.2 Å². The molecule has 2 saturated heterocycles. The van der Waals surface area contributed by atoms with Gasteiger partial charge in [-0.05, 0) is 13.8 Å². The van der Waals surface area contributed by atoms with Gasteiger partial charge in [0.05, 0.1) is 6.54 Å². The van der Waals surface area contributed by atoms with Crippen LogP contribution in [0, 0.1) is 13.8 Å². The molecule has 11 nitrogen and oxygen atoms in total. The molecule has 0 spiro atoms. The van der Waals surface area contributed by atoms with Gasteiger partial charge in [-0.1, -0.05) is 5.16 Å². The number of piperazine rings is 2. The van der Waals surface area contributed by atoms with Gasteiger partial charge in [0.15, 0.2) is 5.76 Å². The standard InChI is InChI=1S/C18H30N6O5S/c1-14-17(15(2)29-19-14)30(27,28)24-11-9-22(10-12-24)16(25)13-21-5-7-23(8-6-21)18(26)20(3)4/h5-13H2,1-4H3. The number of carbonyl (C=O) groups is 2. The molecule has 3 amide bonds. The van der Waals surface area contributed by atoms with Gasteiger partial charge in [0, 0.05) is 66.5 Å². The Balaban J connectivity index is 1.50. The fourth-order valence-corrected chi connectivity index (χ4v) is 5.53. The Labute approximate surface area is 177 Å². The molecule has 3 heterocycles. The third-order valence-corrected chi connectivity index (χ3v) is 7.69. The molecule has 0 unspecified atom stereocenters. The third kappa shape index (κ3) is 4.60. The summed E-state index contributed by atoms with van der Waals surface area (Å²) in [6.07, 6.45) is 0. The average Bonchev–Trinajstić information content (AvgIpc) is 3.06. The zero-order valence-electron chi connectivity index (χ0n) is 18.0. The van der Waals surface area contributed by atoms with Gasteiger partial charge in [-0.2, -0.15) is 4.31 Å². The second kappa shape index (κ2) is 8.90. The lowest BCUT2D eigenvalue weighted by Crippen LogP contribution is -2.55. The van der Waals surface area contributed by atoms with Gasteiger partial charge in [0.25, 0.3) is 0 Å². The summed E-state index contributed by atoms with van der Waals surface area (Å²) in [6, 6.07) is -0.0170. The second-order valence-corrected chi connectivity index (χ2v) is 9.75. The van der Waals surface area contributed by atoms with Crippen LogP contribution in [-0.4, -0.2) is 122 Å². The number of amides is 3. The van der Waals surface area contributed by atoms with E-state index in [-0.39, 0.29) is 42.2 Å². The van der Waals surface area contributed by atoms with E-state index in [0.29, 0.717) is 45.0 Å². The molecule has 0 N–H and O–H groups in total. The van der Waals surface area contributed by atoms with Crippen LogP contribution in [0.2, 0.25) is 0 Å². The molecule has 0 aliphatic carbocycles. The van der Waals surface area contributed by atoms with Crippen molar-refractivity contribution in [1.82, 2.24) is 29.1 Å². The summed E-state index contributed by atoms with van der Waals surface area (Å²) < 4.78 is 32.2. The van der Waals surface area contributed by atoms with Crippen molar-refractivity contribution in [2.24, 2.45) is 0 Å². The van der Waals surface area contributed by atoms with Crippen molar-refractivity contribution < 1.29 is 22.5 Å². The van der Waals surface area contributed by atoms with Gasteiger partial charge in [0.2, 0.25) is 15.9 Å². The number of aryl methyl sites for hydroxylation is 2. The first kappa shape index (κ1) is 22.5. The molecule has 2 aliphatic rings. The van der Waals surface area contributed by atoms with E-state index in [0.717, 1.165) is 0 Å². The summed E-state index contributed by atoms with van der Waals surface area (Å²) in [5, 5.41) is 3.73. The van der Waals surface area contributed by atoms with Crippen molar-refractivity contribution in [3.05, 3.63) is 11.5 Å². The van der Waals surface area contributed by atoms with Crippen molar-refractivity contribution in [2.75, 3.05) is 73.0 Å². The maximum absolute atomic E-state index is 12.9. The quantitative estimate of drug-likeness (QED) is 0.614. The molecular weight excluding hydrogens is 412 g/mol. The largest absolute Gasteiger partial charge is 0.360 e. The molecule has 2 aliphatic heterocycles. The van der Waals surface area contributed by atoms with Gasteiger partial charge < -0.3 is 19.2 Å². The highest BCUT2D eigenvalue weighted by Gasteiger charge is 2.34. The summed E-state index contributed by atoms with van der Waals surface area (Å²) in [4.78, 5) is 31.9. The zero-order chi connectivity index (χ0) is 22.1. The molecule has 2 fully saturated rings. The number of aromatic nitrogens is 1. The van der Waals surface area contributed by atoms with Crippen LogP contribution in [0.3, 0.4) is 0 Å². The Morgan fingerprint density at radius 1 is 0.967 bits per heavy atom. The Hall–Kier alpha value is -2.18.